The fourth-order valence-corrected chi connectivity index (χ4v) is 1.76. The van der Waals surface area contributed by atoms with E-state index in [0.29, 0.717) is 6.42 Å². The number of methoxy groups -OCH3 is 1. The molecule has 0 saturated carbocycles. The van der Waals surface area contributed by atoms with Gasteiger partial charge in [-0.15, -0.1) is 0 Å². The number of carbonyl (C=O) groups is 1. The molecule has 1 aliphatic rings. The average molecular weight is 185 g/mol. The van der Waals surface area contributed by atoms with Crippen LogP contribution >= 0.6 is 0 Å². The van der Waals surface area contributed by atoms with E-state index in [2.05, 4.69) is 18.9 Å². The standard InChI is InChI=1S/C10H19NO2/c1-10(8-9(12)13-3)4-6-11(2)7-5-10/h4-8H2,1-3H3. The molecule has 0 spiro atoms. The van der Waals surface area contributed by atoms with E-state index in [1.54, 1.807) is 0 Å². The summed E-state index contributed by atoms with van der Waals surface area (Å²) in [6, 6.07) is 0. The van der Waals surface area contributed by atoms with Crippen LogP contribution in [0.3, 0.4) is 0 Å². The molecule has 13 heavy (non-hydrogen) atoms. The summed E-state index contributed by atoms with van der Waals surface area (Å²) >= 11 is 0. The van der Waals surface area contributed by atoms with Gasteiger partial charge in [0.05, 0.1) is 13.5 Å². The summed E-state index contributed by atoms with van der Waals surface area (Å²) in [5.41, 5.74) is 0.166. The predicted molar refractivity (Wildman–Crippen MR) is 51.5 cm³/mol. The van der Waals surface area contributed by atoms with Gasteiger partial charge in [0.1, 0.15) is 0 Å². The highest BCUT2D eigenvalue weighted by atomic mass is 16.5. The van der Waals surface area contributed by atoms with E-state index in [4.69, 9.17) is 4.74 Å². The van der Waals surface area contributed by atoms with E-state index in [1.807, 2.05) is 0 Å². The SMILES string of the molecule is COC(=O)CC1(C)CCN(C)CC1. The van der Waals surface area contributed by atoms with E-state index < -0.39 is 0 Å². The summed E-state index contributed by atoms with van der Waals surface area (Å²) in [7, 11) is 3.58. The van der Waals surface area contributed by atoms with Crippen molar-refractivity contribution in [2.24, 2.45) is 5.41 Å². The van der Waals surface area contributed by atoms with Crippen LogP contribution in [0.1, 0.15) is 26.2 Å². The van der Waals surface area contributed by atoms with E-state index in [0.717, 1.165) is 25.9 Å². The molecule has 1 aliphatic heterocycles. The normalized spacial score (nSPS) is 22.7. The fourth-order valence-electron chi connectivity index (χ4n) is 1.76. The maximum absolute atomic E-state index is 11.1. The van der Waals surface area contributed by atoms with Crippen LogP contribution in [0.5, 0.6) is 0 Å². The van der Waals surface area contributed by atoms with Gasteiger partial charge in [0, 0.05) is 0 Å². The van der Waals surface area contributed by atoms with Crippen LogP contribution in [0.2, 0.25) is 0 Å². The van der Waals surface area contributed by atoms with Crippen LogP contribution in [0.15, 0.2) is 0 Å². The molecule has 1 fully saturated rings. The molecule has 0 radical (unpaired) electrons. The molecule has 0 aromatic rings. The quantitative estimate of drug-likeness (QED) is 0.607. The minimum absolute atomic E-state index is 0.0768. The molecule has 1 saturated heterocycles. The highest BCUT2D eigenvalue weighted by Gasteiger charge is 2.31. The van der Waals surface area contributed by atoms with Gasteiger partial charge in [-0.25, -0.2) is 0 Å². The van der Waals surface area contributed by atoms with Crippen LogP contribution in [0.4, 0.5) is 0 Å². The Balaban J connectivity index is 2.43. The second kappa shape index (κ2) is 4.09. The molecular formula is C10H19NO2. The number of nitrogens with zero attached hydrogens (tertiary/aromatic N) is 1. The molecule has 0 atom stereocenters. The van der Waals surface area contributed by atoms with Crippen LogP contribution < -0.4 is 0 Å². The van der Waals surface area contributed by atoms with Crippen molar-refractivity contribution in [3.63, 3.8) is 0 Å². The maximum atomic E-state index is 11.1. The Morgan fingerprint density at radius 3 is 2.46 bits per heavy atom. The van der Waals surface area contributed by atoms with Gasteiger partial charge in [-0.05, 0) is 38.4 Å². The lowest BCUT2D eigenvalue weighted by Gasteiger charge is -2.37. The van der Waals surface area contributed by atoms with Crippen LogP contribution in [-0.2, 0) is 9.53 Å². The van der Waals surface area contributed by atoms with Gasteiger partial charge in [0.25, 0.3) is 0 Å². The molecule has 1 rings (SSSR count). The Kier molecular flexibility index (Phi) is 3.31. The monoisotopic (exact) mass is 185 g/mol. The Morgan fingerprint density at radius 2 is 2.00 bits per heavy atom. The van der Waals surface area contributed by atoms with E-state index in [9.17, 15) is 4.79 Å². The topological polar surface area (TPSA) is 29.5 Å². The summed E-state index contributed by atoms with van der Waals surface area (Å²) < 4.78 is 4.69. The van der Waals surface area contributed by atoms with Gasteiger partial charge in [0.15, 0.2) is 0 Å². The number of hydrogen-bond acceptors (Lipinski definition) is 3. The summed E-state index contributed by atoms with van der Waals surface area (Å²) in [4.78, 5) is 13.4. The number of esters is 1. The van der Waals surface area contributed by atoms with Crippen molar-refractivity contribution >= 4 is 5.97 Å². The smallest absolute Gasteiger partial charge is 0.306 e. The van der Waals surface area contributed by atoms with Gasteiger partial charge in [-0.2, -0.15) is 0 Å². The highest BCUT2D eigenvalue weighted by molar-refractivity contribution is 5.70. The van der Waals surface area contributed by atoms with Crippen molar-refractivity contribution in [2.75, 3.05) is 27.2 Å². The molecule has 0 aromatic carbocycles. The predicted octanol–water partition coefficient (Wildman–Crippen LogP) is 1.28. The maximum Gasteiger partial charge on any atom is 0.306 e. The molecule has 3 nitrogen and oxygen atoms in total. The lowest BCUT2D eigenvalue weighted by atomic mass is 9.78. The molecule has 0 N–H and O–H groups in total. The van der Waals surface area contributed by atoms with Crippen molar-refractivity contribution in [3.8, 4) is 0 Å². The Bertz CT molecular complexity index is 183. The van der Waals surface area contributed by atoms with Crippen molar-refractivity contribution in [3.05, 3.63) is 0 Å². The third-order valence-corrected chi connectivity index (χ3v) is 2.99. The zero-order valence-electron chi connectivity index (χ0n) is 8.80. The van der Waals surface area contributed by atoms with Crippen molar-refractivity contribution in [2.45, 2.75) is 26.2 Å². The second-order valence-corrected chi connectivity index (χ2v) is 4.37. The minimum Gasteiger partial charge on any atom is -0.469 e. The molecule has 0 amide bonds. The van der Waals surface area contributed by atoms with Gasteiger partial charge in [-0.1, -0.05) is 6.92 Å². The summed E-state index contributed by atoms with van der Waals surface area (Å²) in [5.74, 6) is -0.0768. The lowest BCUT2D eigenvalue weighted by molar-refractivity contribution is -0.143. The Hall–Kier alpha value is -0.570. The number of likely N-dealkylation sites (tertiary alicyclic amines) is 1. The number of piperidine rings is 1. The van der Waals surface area contributed by atoms with Crippen LogP contribution in [0.25, 0.3) is 0 Å². The Labute approximate surface area is 80.1 Å². The second-order valence-electron chi connectivity index (χ2n) is 4.37. The van der Waals surface area contributed by atoms with E-state index in [-0.39, 0.29) is 11.4 Å². The summed E-state index contributed by atoms with van der Waals surface area (Å²) in [5, 5.41) is 0. The number of hydrogen-bond donors (Lipinski definition) is 0. The highest BCUT2D eigenvalue weighted by Crippen LogP contribution is 2.33. The number of carbonyl (C=O) groups excluding carboxylic acids is 1. The van der Waals surface area contributed by atoms with Crippen molar-refractivity contribution < 1.29 is 9.53 Å². The largest absolute Gasteiger partial charge is 0.469 e. The first-order valence-corrected chi connectivity index (χ1v) is 4.81. The molecule has 1 heterocycles. The first-order valence-electron chi connectivity index (χ1n) is 4.81. The van der Waals surface area contributed by atoms with Gasteiger partial charge in [-0.3, -0.25) is 4.79 Å². The molecule has 76 valence electrons. The van der Waals surface area contributed by atoms with Crippen molar-refractivity contribution in [1.82, 2.24) is 4.90 Å². The van der Waals surface area contributed by atoms with Crippen LogP contribution in [-0.4, -0.2) is 38.1 Å². The van der Waals surface area contributed by atoms with Crippen molar-refractivity contribution in [1.29, 1.82) is 0 Å². The Morgan fingerprint density at radius 1 is 1.46 bits per heavy atom. The molecule has 3 heteroatoms. The molecule has 0 bridgehead atoms. The minimum atomic E-state index is -0.0768. The average Bonchev–Trinajstić information content (AvgIpc) is 2.10. The van der Waals surface area contributed by atoms with E-state index >= 15 is 0 Å². The molecular weight excluding hydrogens is 166 g/mol. The van der Waals surface area contributed by atoms with Gasteiger partial charge in [0.2, 0.25) is 0 Å². The van der Waals surface area contributed by atoms with Crippen LogP contribution in [0, 0.1) is 5.41 Å². The van der Waals surface area contributed by atoms with Gasteiger partial charge >= 0.3 is 5.97 Å². The zero-order chi connectivity index (χ0) is 9.90. The van der Waals surface area contributed by atoms with Gasteiger partial charge < -0.3 is 9.64 Å². The zero-order valence-corrected chi connectivity index (χ0v) is 8.80. The summed E-state index contributed by atoms with van der Waals surface area (Å²) in [6.07, 6.45) is 2.76. The third kappa shape index (κ3) is 2.99. The lowest BCUT2D eigenvalue weighted by Crippen LogP contribution is -2.37. The summed E-state index contributed by atoms with van der Waals surface area (Å²) in [6.45, 7) is 4.36. The first kappa shape index (κ1) is 10.5. The number of rotatable bonds is 2. The molecule has 0 unspecified atom stereocenters. The number of ether oxygens (including phenoxy) is 1. The molecule has 0 aliphatic carbocycles. The third-order valence-electron chi connectivity index (χ3n) is 2.99. The first-order chi connectivity index (χ1) is 6.06. The fraction of sp³-hybridized carbons (Fsp3) is 0.900. The van der Waals surface area contributed by atoms with E-state index in [1.165, 1.54) is 7.11 Å². The molecule has 0 aromatic heterocycles.